The molecule has 0 amide bonds. The molecule has 0 saturated carbocycles. The van der Waals surface area contributed by atoms with E-state index in [0.29, 0.717) is 23.2 Å². The second kappa shape index (κ2) is 6.82. The summed E-state index contributed by atoms with van der Waals surface area (Å²) < 4.78 is 0.652. The average Bonchev–Trinajstić information content (AvgIpc) is 2.98. The molecule has 2 unspecified atom stereocenters. The highest BCUT2D eigenvalue weighted by molar-refractivity contribution is 9.18. The fourth-order valence-electron chi connectivity index (χ4n) is 2.90. The zero-order chi connectivity index (χ0) is 18.2. The Bertz CT molecular complexity index is 821. The third-order valence-corrected chi connectivity index (χ3v) is 5.26. The quantitative estimate of drug-likeness (QED) is 0.688. The Morgan fingerprint density at radius 3 is 2.88 bits per heavy atom. The summed E-state index contributed by atoms with van der Waals surface area (Å²) in [6.45, 7) is 1.98. The van der Waals surface area contributed by atoms with Crippen LogP contribution < -0.4 is 11.1 Å². The third-order valence-electron chi connectivity index (χ3n) is 4.25. The van der Waals surface area contributed by atoms with E-state index >= 15 is 0 Å². The van der Waals surface area contributed by atoms with Crippen LogP contribution in [0.5, 0.6) is 0 Å². The molecule has 0 fully saturated rings. The number of nitrogens with one attached hydrogen (secondary N) is 1. The normalized spacial score (nSPS) is 25.8. The molecule has 0 bridgehead atoms. The number of carbonyl (C=O) groups is 1. The van der Waals surface area contributed by atoms with E-state index in [2.05, 4.69) is 26.4 Å². The van der Waals surface area contributed by atoms with Gasteiger partial charge in [0.1, 0.15) is 10.3 Å². The van der Waals surface area contributed by atoms with Crippen molar-refractivity contribution in [3.63, 3.8) is 0 Å². The lowest BCUT2D eigenvalue weighted by molar-refractivity contribution is -0.133. The molecule has 2 aliphatic rings. The molecular weight excluding hydrogens is 410 g/mol. The topological polar surface area (TPSA) is 96.9 Å². The van der Waals surface area contributed by atoms with Crippen molar-refractivity contribution in [1.82, 2.24) is 5.32 Å². The van der Waals surface area contributed by atoms with Gasteiger partial charge in [0, 0.05) is 6.42 Å². The monoisotopic (exact) mass is 425 g/mol. The molecule has 132 valence electrons. The van der Waals surface area contributed by atoms with Gasteiger partial charge < -0.3 is 21.0 Å². The molecule has 0 spiro atoms. The lowest BCUT2D eigenvalue weighted by Gasteiger charge is -2.34. The van der Waals surface area contributed by atoms with E-state index in [1.165, 1.54) is 0 Å². The van der Waals surface area contributed by atoms with Gasteiger partial charge in [-0.2, -0.15) is 0 Å². The average molecular weight is 427 g/mol. The van der Waals surface area contributed by atoms with Crippen LogP contribution in [0.3, 0.4) is 0 Å². The SMILES string of the molecule is Cc1ccccc1CC1(N)C=C(C2CC(Br)=NO2)NC(C(=O)O)=C1Cl. The van der Waals surface area contributed by atoms with Crippen molar-refractivity contribution >= 4 is 38.1 Å². The number of nitrogens with two attached hydrogens (primary N) is 1. The van der Waals surface area contributed by atoms with Gasteiger partial charge >= 0.3 is 5.97 Å². The molecular formula is C17H17BrClN3O3. The summed E-state index contributed by atoms with van der Waals surface area (Å²) >= 11 is 9.65. The molecule has 0 aliphatic carbocycles. The van der Waals surface area contributed by atoms with Crippen LogP contribution in [0.25, 0.3) is 0 Å². The number of carboxylic acids is 1. The summed E-state index contributed by atoms with van der Waals surface area (Å²) in [5, 5.41) is 16.2. The minimum Gasteiger partial charge on any atom is -0.477 e. The van der Waals surface area contributed by atoms with Crippen molar-refractivity contribution in [3.8, 4) is 0 Å². The number of aryl methyl sites for hydroxylation is 1. The highest BCUT2D eigenvalue weighted by Crippen LogP contribution is 2.34. The molecule has 0 saturated heterocycles. The summed E-state index contributed by atoms with van der Waals surface area (Å²) in [4.78, 5) is 17.0. The van der Waals surface area contributed by atoms with Crippen LogP contribution in [0.4, 0.5) is 0 Å². The molecule has 6 nitrogen and oxygen atoms in total. The van der Waals surface area contributed by atoms with Gasteiger partial charge in [-0.05, 0) is 46.5 Å². The molecule has 0 aromatic heterocycles. The van der Waals surface area contributed by atoms with E-state index in [0.717, 1.165) is 11.1 Å². The molecule has 4 N–H and O–H groups in total. The molecule has 1 aromatic carbocycles. The molecule has 1 aromatic rings. The van der Waals surface area contributed by atoms with Gasteiger partial charge in [0.25, 0.3) is 0 Å². The number of oxime groups is 1. The van der Waals surface area contributed by atoms with Crippen molar-refractivity contribution in [1.29, 1.82) is 0 Å². The van der Waals surface area contributed by atoms with Crippen LogP contribution in [-0.2, 0) is 16.1 Å². The van der Waals surface area contributed by atoms with Gasteiger partial charge in [-0.1, -0.05) is 41.0 Å². The highest BCUT2D eigenvalue weighted by atomic mass is 79.9. The standard InChI is InChI=1S/C17H17BrClN3O3/c1-9-4-2-3-5-10(9)7-17(20)8-11(12-6-13(18)22-25-12)21-14(15(17)19)16(23)24/h2-5,8,12,21H,6-7,20H2,1H3,(H,23,24). The van der Waals surface area contributed by atoms with Gasteiger partial charge in [0.05, 0.1) is 16.3 Å². The number of aliphatic carboxylic acids is 1. The lowest BCUT2D eigenvalue weighted by atomic mass is 9.85. The molecule has 2 aliphatic heterocycles. The van der Waals surface area contributed by atoms with Crippen LogP contribution in [0.2, 0.25) is 0 Å². The maximum atomic E-state index is 11.6. The first-order valence-corrected chi connectivity index (χ1v) is 8.82. The number of rotatable bonds is 4. The largest absolute Gasteiger partial charge is 0.477 e. The van der Waals surface area contributed by atoms with E-state index in [9.17, 15) is 9.90 Å². The first kappa shape index (κ1) is 18.0. The number of carboxylic acid groups (broad SMARTS) is 1. The Morgan fingerprint density at radius 2 is 2.28 bits per heavy atom. The van der Waals surface area contributed by atoms with Crippen molar-refractivity contribution in [2.24, 2.45) is 10.9 Å². The fourth-order valence-corrected chi connectivity index (χ4v) is 3.52. The zero-order valence-electron chi connectivity index (χ0n) is 13.4. The number of hydrogen-bond acceptors (Lipinski definition) is 5. The molecule has 2 atom stereocenters. The highest BCUT2D eigenvalue weighted by Gasteiger charge is 2.39. The minimum atomic E-state index is -1.17. The van der Waals surface area contributed by atoms with Crippen molar-refractivity contribution in [3.05, 3.63) is 57.9 Å². The van der Waals surface area contributed by atoms with E-state index in [1.807, 2.05) is 31.2 Å². The summed E-state index contributed by atoms with van der Waals surface area (Å²) in [5.41, 5.74) is 7.85. The summed E-state index contributed by atoms with van der Waals surface area (Å²) in [7, 11) is 0. The fraction of sp³-hybridized carbons (Fsp3) is 0.294. The maximum absolute atomic E-state index is 11.6. The summed E-state index contributed by atoms with van der Waals surface area (Å²) in [6, 6.07) is 7.78. The van der Waals surface area contributed by atoms with E-state index < -0.39 is 17.6 Å². The van der Waals surface area contributed by atoms with Crippen molar-refractivity contribution in [2.75, 3.05) is 0 Å². The molecule has 3 rings (SSSR count). The van der Waals surface area contributed by atoms with Crippen LogP contribution in [-0.4, -0.2) is 27.3 Å². The molecule has 8 heteroatoms. The number of benzene rings is 1. The van der Waals surface area contributed by atoms with Crippen LogP contribution >= 0.6 is 27.5 Å². The predicted molar refractivity (Wildman–Crippen MR) is 99.4 cm³/mol. The number of nitrogens with zero attached hydrogens (tertiary/aromatic N) is 1. The first-order chi connectivity index (χ1) is 11.8. The van der Waals surface area contributed by atoms with Crippen molar-refractivity contribution in [2.45, 2.75) is 31.4 Å². The summed E-state index contributed by atoms with van der Waals surface area (Å²) in [5.74, 6) is -1.17. The Labute approximate surface area is 158 Å². The molecule has 25 heavy (non-hydrogen) atoms. The zero-order valence-corrected chi connectivity index (χ0v) is 15.8. The Balaban J connectivity index is 2.00. The van der Waals surface area contributed by atoms with E-state index in [1.54, 1.807) is 6.08 Å². The Kier molecular flexibility index (Phi) is 4.90. The van der Waals surface area contributed by atoms with E-state index in [-0.39, 0.29) is 10.7 Å². The van der Waals surface area contributed by atoms with Crippen molar-refractivity contribution < 1.29 is 14.7 Å². The van der Waals surface area contributed by atoms with Gasteiger partial charge in [-0.3, -0.25) is 0 Å². The van der Waals surface area contributed by atoms with Crippen LogP contribution in [0, 0.1) is 6.92 Å². The number of halogens is 2. The van der Waals surface area contributed by atoms with Gasteiger partial charge in [-0.25, -0.2) is 4.79 Å². The smallest absolute Gasteiger partial charge is 0.353 e. The van der Waals surface area contributed by atoms with Gasteiger partial charge in [0.2, 0.25) is 0 Å². The number of hydrogen-bond donors (Lipinski definition) is 3. The minimum absolute atomic E-state index is 0.0602. The molecule has 0 radical (unpaired) electrons. The number of dihydropyridines is 1. The second-order valence-corrected chi connectivity index (χ2v) is 7.42. The van der Waals surface area contributed by atoms with Crippen LogP contribution in [0.15, 0.2) is 51.9 Å². The maximum Gasteiger partial charge on any atom is 0.353 e. The second-order valence-electron chi connectivity index (χ2n) is 6.13. The van der Waals surface area contributed by atoms with Gasteiger partial charge in [0.15, 0.2) is 6.10 Å². The Hall–Kier alpha value is -1.83. The lowest BCUT2D eigenvalue weighted by Crippen LogP contribution is -2.48. The Morgan fingerprint density at radius 1 is 1.56 bits per heavy atom. The molecule has 2 heterocycles. The predicted octanol–water partition coefficient (Wildman–Crippen LogP) is 2.75. The van der Waals surface area contributed by atoms with Gasteiger partial charge in [-0.15, -0.1) is 0 Å². The summed E-state index contributed by atoms with van der Waals surface area (Å²) in [6.07, 6.45) is 2.16. The first-order valence-electron chi connectivity index (χ1n) is 7.65. The van der Waals surface area contributed by atoms with Crippen LogP contribution in [0.1, 0.15) is 17.5 Å². The third kappa shape index (κ3) is 3.58. The van der Waals surface area contributed by atoms with E-state index in [4.69, 9.17) is 22.2 Å².